The molecular formula is C16H27O2Si. The summed E-state index contributed by atoms with van der Waals surface area (Å²) >= 11 is 0. The van der Waals surface area contributed by atoms with Gasteiger partial charge in [-0.05, 0) is 37.3 Å². The molecule has 1 aromatic carbocycles. The van der Waals surface area contributed by atoms with Crippen molar-refractivity contribution in [2.24, 2.45) is 0 Å². The molecule has 0 spiro atoms. The Bertz CT molecular complexity index is 295. The van der Waals surface area contributed by atoms with E-state index in [9.17, 15) is 0 Å². The topological polar surface area (TPSA) is 18.5 Å². The van der Waals surface area contributed by atoms with Gasteiger partial charge in [-0.2, -0.15) is 0 Å². The maximum atomic E-state index is 5.83. The number of rotatable bonds is 11. The van der Waals surface area contributed by atoms with Crippen LogP contribution in [-0.4, -0.2) is 22.5 Å². The lowest BCUT2D eigenvalue weighted by atomic mass is 10.1. The van der Waals surface area contributed by atoms with Gasteiger partial charge in [0, 0.05) is 13.2 Å². The van der Waals surface area contributed by atoms with E-state index in [0.717, 1.165) is 38.5 Å². The Balaban J connectivity index is 2.16. The normalized spacial score (nSPS) is 11.1. The molecule has 1 radical (unpaired) electrons. The van der Waals surface area contributed by atoms with Crippen LogP contribution in [0.3, 0.4) is 0 Å². The zero-order chi connectivity index (χ0) is 13.8. The summed E-state index contributed by atoms with van der Waals surface area (Å²) in [6.45, 7) is 5.98. The molecule has 0 heterocycles. The van der Waals surface area contributed by atoms with E-state index in [4.69, 9.17) is 8.85 Å². The highest BCUT2D eigenvalue weighted by Gasteiger charge is 2.14. The van der Waals surface area contributed by atoms with Crippen molar-refractivity contribution < 1.29 is 8.85 Å². The average Bonchev–Trinajstić information content (AvgIpc) is 2.46. The Hall–Kier alpha value is -0.643. The van der Waals surface area contributed by atoms with Crippen LogP contribution in [0.1, 0.15) is 45.1 Å². The van der Waals surface area contributed by atoms with Gasteiger partial charge in [0.2, 0.25) is 0 Å². The van der Waals surface area contributed by atoms with Crippen LogP contribution < -0.4 is 0 Å². The van der Waals surface area contributed by atoms with Crippen molar-refractivity contribution >= 4 is 9.28 Å². The molecule has 0 atom stereocenters. The van der Waals surface area contributed by atoms with Crippen molar-refractivity contribution in [3.8, 4) is 0 Å². The van der Waals surface area contributed by atoms with E-state index >= 15 is 0 Å². The van der Waals surface area contributed by atoms with Gasteiger partial charge in [-0.15, -0.1) is 0 Å². The SMILES string of the molecule is CCCO[Si](CCCCc1ccccc1)OCCC. The molecule has 0 aromatic heterocycles. The second kappa shape index (κ2) is 11.2. The maximum absolute atomic E-state index is 5.83. The smallest absolute Gasteiger partial charge is 0.384 e. The number of unbranched alkanes of at least 4 members (excludes halogenated alkanes) is 1. The molecule has 0 aliphatic heterocycles. The van der Waals surface area contributed by atoms with Crippen molar-refractivity contribution in [3.63, 3.8) is 0 Å². The fourth-order valence-corrected chi connectivity index (χ4v) is 3.64. The molecule has 0 amide bonds. The fraction of sp³-hybridized carbons (Fsp3) is 0.625. The van der Waals surface area contributed by atoms with Crippen LogP contribution in [0.25, 0.3) is 0 Å². The van der Waals surface area contributed by atoms with E-state index in [0.29, 0.717) is 0 Å². The molecular weight excluding hydrogens is 252 g/mol. The summed E-state index contributed by atoms with van der Waals surface area (Å²) in [4.78, 5) is 0. The molecule has 1 rings (SSSR count). The van der Waals surface area contributed by atoms with Crippen molar-refractivity contribution in [2.45, 2.75) is 52.0 Å². The molecule has 1 aromatic rings. The standard InChI is InChI=1S/C16H27O2Si/c1-3-13-17-19(18-14-4-2)15-9-8-12-16-10-6-5-7-11-16/h5-7,10-11H,3-4,8-9,12-15H2,1-2H3. The summed E-state index contributed by atoms with van der Waals surface area (Å²) < 4.78 is 11.7. The third kappa shape index (κ3) is 8.19. The van der Waals surface area contributed by atoms with Crippen LogP contribution in [0.5, 0.6) is 0 Å². The maximum Gasteiger partial charge on any atom is 0.384 e. The van der Waals surface area contributed by atoms with E-state index in [1.807, 2.05) is 0 Å². The monoisotopic (exact) mass is 279 g/mol. The van der Waals surface area contributed by atoms with E-state index in [1.165, 1.54) is 18.4 Å². The quantitative estimate of drug-likeness (QED) is 0.443. The first-order valence-corrected chi connectivity index (χ1v) is 9.04. The van der Waals surface area contributed by atoms with E-state index < -0.39 is 9.28 Å². The zero-order valence-corrected chi connectivity index (χ0v) is 13.4. The van der Waals surface area contributed by atoms with Gasteiger partial charge in [0.25, 0.3) is 0 Å². The first-order valence-electron chi connectivity index (χ1n) is 7.52. The third-order valence-corrected chi connectivity index (χ3v) is 4.69. The van der Waals surface area contributed by atoms with Crippen molar-refractivity contribution in [3.05, 3.63) is 35.9 Å². The molecule has 0 bridgehead atoms. The lowest BCUT2D eigenvalue weighted by molar-refractivity contribution is 0.195. The van der Waals surface area contributed by atoms with Gasteiger partial charge in [0.15, 0.2) is 0 Å². The summed E-state index contributed by atoms with van der Waals surface area (Å²) in [6, 6.07) is 11.8. The molecule has 0 saturated heterocycles. The summed E-state index contributed by atoms with van der Waals surface area (Å²) in [5.74, 6) is 0. The van der Waals surface area contributed by atoms with Crippen LogP contribution in [0.4, 0.5) is 0 Å². The van der Waals surface area contributed by atoms with E-state index in [2.05, 4.69) is 44.2 Å². The molecule has 19 heavy (non-hydrogen) atoms. The first-order chi connectivity index (χ1) is 9.36. The number of hydrogen-bond donors (Lipinski definition) is 0. The molecule has 0 N–H and O–H groups in total. The Labute approximate surface area is 120 Å². The fourth-order valence-electron chi connectivity index (χ4n) is 1.86. The van der Waals surface area contributed by atoms with Gasteiger partial charge in [-0.1, -0.05) is 50.6 Å². The van der Waals surface area contributed by atoms with Gasteiger partial charge in [-0.25, -0.2) is 0 Å². The lowest BCUT2D eigenvalue weighted by Gasteiger charge is -2.14. The average molecular weight is 279 g/mol. The molecule has 3 heteroatoms. The van der Waals surface area contributed by atoms with Crippen LogP contribution in [-0.2, 0) is 15.3 Å². The van der Waals surface area contributed by atoms with E-state index in [-0.39, 0.29) is 0 Å². The summed E-state index contributed by atoms with van der Waals surface area (Å²) in [5.41, 5.74) is 1.43. The lowest BCUT2D eigenvalue weighted by Crippen LogP contribution is -2.23. The predicted molar refractivity (Wildman–Crippen MR) is 82.4 cm³/mol. The molecule has 0 unspecified atom stereocenters. The molecule has 2 nitrogen and oxygen atoms in total. The van der Waals surface area contributed by atoms with Gasteiger partial charge in [0.05, 0.1) is 0 Å². The van der Waals surface area contributed by atoms with E-state index in [1.54, 1.807) is 0 Å². The Morgan fingerprint density at radius 3 is 2.11 bits per heavy atom. The van der Waals surface area contributed by atoms with Gasteiger partial charge < -0.3 is 8.85 Å². The highest BCUT2D eigenvalue weighted by molar-refractivity contribution is 6.44. The first kappa shape index (κ1) is 16.4. The highest BCUT2D eigenvalue weighted by Crippen LogP contribution is 2.10. The van der Waals surface area contributed by atoms with Crippen molar-refractivity contribution in [1.29, 1.82) is 0 Å². The molecule has 107 valence electrons. The van der Waals surface area contributed by atoms with Crippen molar-refractivity contribution in [1.82, 2.24) is 0 Å². The second-order valence-corrected chi connectivity index (χ2v) is 6.58. The summed E-state index contributed by atoms with van der Waals surface area (Å²) in [6.07, 6.45) is 5.75. The number of hydrogen-bond acceptors (Lipinski definition) is 2. The van der Waals surface area contributed by atoms with Crippen LogP contribution >= 0.6 is 0 Å². The van der Waals surface area contributed by atoms with Crippen LogP contribution in [0.2, 0.25) is 6.04 Å². The minimum absolute atomic E-state index is 0.844. The van der Waals surface area contributed by atoms with Gasteiger partial charge in [-0.3, -0.25) is 0 Å². The Morgan fingerprint density at radius 1 is 0.895 bits per heavy atom. The van der Waals surface area contributed by atoms with Crippen LogP contribution in [0, 0.1) is 0 Å². The van der Waals surface area contributed by atoms with Gasteiger partial charge in [0.1, 0.15) is 0 Å². The molecule has 0 aliphatic carbocycles. The second-order valence-electron chi connectivity index (χ2n) is 4.76. The Kier molecular flexibility index (Phi) is 9.68. The molecule has 0 saturated carbocycles. The zero-order valence-electron chi connectivity index (χ0n) is 12.4. The summed E-state index contributed by atoms with van der Waals surface area (Å²) in [7, 11) is -1.02. The van der Waals surface area contributed by atoms with Crippen LogP contribution in [0.15, 0.2) is 30.3 Å². The summed E-state index contributed by atoms with van der Waals surface area (Å²) in [5, 5.41) is 0. The minimum atomic E-state index is -1.02. The molecule has 0 fully saturated rings. The van der Waals surface area contributed by atoms with Crippen molar-refractivity contribution in [2.75, 3.05) is 13.2 Å². The number of benzene rings is 1. The number of aryl methyl sites for hydroxylation is 1. The minimum Gasteiger partial charge on any atom is -0.393 e. The predicted octanol–water partition coefficient (Wildman–Crippen LogP) is 4.35. The third-order valence-electron chi connectivity index (χ3n) is 2.87. The molecule has 0 aliphatic rings. The largest absolute Gasteiger partial charge is 0.393 e. The Morgan fingerprint density at radius 2 is 1.53 bits per heavy atom. The van der Waals surface area contributed by atoms with Gasteiger partial charge >= 0.3 is 9.28 Å². The highest BCUT2D eigenvalue weighted by atomic mass is 28.3.